The van der Waals surface area contributed by atoms with E-state index in [9.17, 15) is 4.79 Å². The number of ether oxygens (including phenoxy) is 2. The Bertz CT molecular complexity index is 838. The molecule has 2 heterocycles. The van der Waals surface area contributed by atoms with Gasteiger partial charge in [0.05, 0.1) is 28.9 Å². The van der Waals surface area contributed by atoms with E-state index in [0.717, 1.165) is 29.9 Å². The summed E-state index contributed by atoms with van der Waals surface area (Å²) in [5, 5.41) is 6.31. The Morgan fingerprint density at radius 3 is 2.88 bits per heavy atom. The van der Waals surface area contributed by atoms with Gasteiger partial charge < -0.3 is 20.1 Å². The Labute approximate surface area is 161 Å². The third-order valence-corrected chi connectivity index (χ3v) is 5.44. The van der Waals surface area contributed by atoms with E-state index in [1.165, 1.54) is 11.1 Å². The minimum atomic E-state index is -0.324. The van der Waals surface area contributed by atoms with Crippen molar-refractivity contribution >= 4 is 34.9 Å². The van der Waals surface area contributed by atoms with E-state index >= 15 is 0 Å². The van der Waals surface area contributed by atoms with Crippen LogP contribution in [0, 0.1) is 0 Å². The second-order valence-corrected chi connectivity index (χ2v) is 7.03. The van der Waals surface area contributed by atoms with Gasteiger partial charge in [0.1, 0.15) is 11.5 Å². The van der Waals surface area contributed by atoms with Crippen molar-refractivity contribution in [2.24, 2.45) is 0 Å². The molecular weight excluding hydrogens is 375 g/mol. The summed E-state index contributed by atoms with van der Waals surface area (Å²) in [5.41, 5.74) is 4.02. The van der Waals surface area contributed by atoms with Crippen LogP contribution in [-0.4, -0.2) is 25.8 Å². The van der Waals surface area contributed by atoms with E-state index in [4.69, 9.17) is 32.7 Å². The van der Waals surface area contributed by atoms with E-state index in [-0.39, 0.29) is 6.03 Å². The van der Waals surface area contributed by atoms with Crippen LogP contribution in [0.2, 0.25) is 10.0 Å². The summed E-state index contributed by atoms with van der Waals surface area (Å²) < 4.78 is 11.5. The zero-order valence-electron chi connectivity index (χ0n) is 14.0. The van der Waals surface area contributed by atoms with Crippen LogP contribution >= 0.6 is 23.2 Å². The van der Waals surface area contributed by atoms with Crippen molar-refractivity contribution in [2.75, 3.05) is 25.1 Å². The maximum atomic E-state index is 12.2. The molecule has 2 aliphatic heterocycles. The summed E-state index contributed by atoms with van der Waals surface area (Å²) in [5.74, 6) is 1.92. The standard InChI is InChI=1S/C19H18Cl2N2O3/c20-14-2-1-3-15(17(14)21)23-19(24)22-7-4-13-12-6-9-25-16(12)10-11-5-8-26-18(11)13/h1-3,10H,4-9H2,(H2,22,23,24). The fourth-order valence-corrected chi connectivity index (χ4v) is 3.77. The van der Waals surface area contributed by atoms with Crippen LogP contribution in [0.3, 0.4) is 0 Å². The van der Waals surface area contributed by atoms with Crippen molar-refractivity contribution < 1.29 is 14.3 Å². The number of hydrogen-bond donors (Lipinski definition) is 2. The minimum Gasteiger partial charge on any atom is -0.493 e. The normalized spacial score (nSPS) is 14.2. The van der Waals surface area contributed by atoms with Gasteiger partial charge in [0.2, 0.25) is 0 Å². The lowest BCUT2D eigenvalue weighted by atomic mass is 9.97. The van der Waals surface area contributed by atoms with Gasteiger partial charge in [0.15, 0.2) is 0 Å². The lowest BCUT2D eigenvalue weighted by Gasteiger charge is -2.14. The number of fused-ring (bicyclic) bond motifs is 2. The van der Waals surface area contributed by atoms with Gasteiger partial charge in [-0.2, -0.15) is 0 Å². The van der Waals surface area contributed by atoms with Crippen molar-refractivity contribution in [3.63, 3.8) is 0 Å². The van der Waals surface area contributed by atoms with Crippen LogP contribution in [0.5, 0.6) is 11.5 Å². The Balaban J connectivity index is 1.41. The summed E-state index contributed by atoms with van der Waals surface area (Å²) >= 11 is 12.1. The van der Waals surface area contributed by atoms with Crippen LogP contribution in [0.4, 0.5) is 10.5 Å². The van der Waals surface area contributed by atoms with Crippen molar-refractivity contribution in [1.82, 2.24) is 5.32 Å². The second-order valence-electron chi connectivity index (χ2n) is 6.25. The molecule has 0 fully saturated rings. The molecule has 7 heteroatoms. The molecule has 0 aromatic heterocycles. The predicted octanol–water partition coefficient (Wildman–Crippen LogP) is 4.23. The molecule has 5 nitrogen and oxygen atoms in total. The number of amides is 2. The molecule has 0 saturated carbocycles. The quantitative estimate of drug-likeness (QED) is 0.818. The van der Waals surface area contributed by atoms with E-state index in [1.807, 2.05) is 0 Å². The van der Waals surface area contributed by atoms with Gasteiger partial charge in [-0.05, 0) is 24.6 Å². The highest BCUT2D eigenvalue weighted by Crippen LogP contribution is 2.40. The van der Waals surface area contributed by atoms with Crippen molar-refractivity contribution in [3.8, 4) is 11.5 Å². The molecule has 2 amide bonds. The molecule has 0 spiro atoms. The number of halogens is 2. The average molecular weight is 393 g/mol. The van der Waals surface area contributed by atoms with Crippen molar-refractivity contribution in [1.29, 1.82) is 0 Å². The first-order valence-corrected chi connectivity index (χ1v) is 9.31. The number of rotatable bonds is 4. The molecule has 136 valence electrons. The van der Waals surface area contributed by atoms with Gasteiger partial charge in [-0.25, -0.2) is 4.79 Å². The summed E-state index contributed by atoms with van der Waals surface area (Å²) in [4.78, 5) is 12.2. The van der Waals surface area contributed by atoms with Crippen molar-refractivity contribution in [3.05, 3.63) is 51.0 Å². The van der Waals surface area contributed by atoms with Crippen molar-refractivity contribution in [2.45, 2.75) is 19.3 Å². The highest BCUT2D eigenvalue weighted by Gasteiger charge is 2.26. The number of benzene rings is 2. The first-order valence-electron chi connectivity index (χ1n) is 8.55. The van der Waals surface area contributed by atoms with E-state index < -0.39 is 0 Å². The molecule has 0 aliphatic carbocycles. The summed E-state index contributed by atoms with van der Waals surface area (Å²) in [6.45, 7) is 1.88. The molecule has 2 aromatic rings. The molecule has 0 saturated heterocycles. The van der Waals surface area contributed by atoms with Gasteiger partial charge in [0.25, 0.3) is 0 Å². The Morgan fingerprint density at radius 2 is 2.00 bits per heavy atom. The number of carbonyl (C=O) groups excluding carboxylic acids is 1. The summed E-state index contributed by atoms with van der Waals surface area (Å²) in [6, 6.07) is 6.88. The number of anilines is 1. The fraction of sp³-hybridized carbons (Fsp3) is 0.316. The van der Waals surface area contributed by atoms with Crippen LogP contribution in [0.1, 0.15) is 16.7 Å². The maximum Gasteiger partial charge on any atom is 0.319 e. The first-order chi connectivity index (χ1) is 12.6. The highest BCUT2D eigenvalue weighted by molar-refractivity contribution is 6.43. The lowest BCUT2D eigenvalue weighted by molar-refractivity contribution is 0.252. The van der Waals surface area contributed by atoms with Crippen LogP contribution in [0.25, 0.3) is 0 Å². The van der Waals surface area contributed by atoms with E-state index in [1.54, 1.807) is 18.2 Å². The molecule has 2 N–H and O–H groups in total. The third-order valence-electron chi connectivity index (χ3n) is 4.62. The van der Waals surface area contributed by atoms with Crippen LogP contribution < -0.4 is 20.1 Å². The molecule has 0 atom stereocenters. The molecule has 0 unspecified atom stereocenters. The maximum absolute atomic E-state index is 12.2. The summed E-state index contributed by atoms with van der Waals surface area (Å²) in [6.07, 6.45) is 2.47. The number of carbonyl (C=O) groups is 1. The largest absolute Gasteiger partial charge is 0.493 e. The number of nitrogens with one attached hydrogen (secondary N) is 2. The average Bonchev–Trinajstić information content (AvgIpc) is 3.27. The Kier molecular flexibility index (Phi) is 4.83. The summed E-state index contributed by atoms with van der Waals surface area (Å²) in [7, 11) is 0. The van der Waals surface area contributed by atoms with Crippen LogP contribution in [-0.2, 0) is 19.3 Å². The van der Waals surface area contributed by atoms with Crippen LogP contribution in [0.15, 0.2) is 24.3 Å². The van der Waals surface area contributed by atoms with Gasteiger partial charge in [0, 0.05) is 36.1 Å². The zero-order valence-corrected chi connectivity index (χ0v) is 15.5. The minimum absolute atomic E-state index is 0.324. The van der Waals surface area contributed by atoms with Gasteiger partial charge in [-0.15, -0.1) is 0 Å². The highest BCUT2D eigenvalue weighted by atomic mass is 35.5. The molecule has 0 radical (unpaired) electrons. The lowest BCUT2D eigenvalue weighted by Crippen LogP contribution is -2.30. The second kappa shape index (κ2) is 7.25. The Hall–Kier alpha value is -2.11. The predicted molar refractivity (Wildman–Crippen MR) is 102 cm³/mol. The number of urea groups is 1. The smallest absolute Gasteiger partial charge is 0.319 e. The van der Waals surface area contributed by atoms with Gasteiger partial charge in [-0.1, -0.05) is 29.3 Å². The molecule has 2 aliphatic rings. The SMILES string of the molecule is O=C(NCCc1c2c(cc3c1OCC3)OCC2)Nc1cccc(Cl)c1Cl. The first kappa shape index (κ1) is 17.3. The molecule has 0 bridgehead atoms. The molecule has 4 rings (SSSR count). The topological polar surface area (TPSA) is 59.6 Å². The zero-order chi connectivity index (χ0) is 18.1. The fourth-order valence-electron chi connectivity index (χ4n) is 3.42. The number of hydrogen-bond acceptors (Lipinski definition) is 3. The third kappa shape index (κ3) is 3.29. The van der Waals surface area contributed by atoms with E-state index in [0.29, 0.717) is 41.9 Å². The monoisotopic (exact) mass is 392 g/mol. The molecule has 26 heavy (non-hydrogen) atoms. The molecule has 2 aromatic carbocycles. The Morgan fingerprint density at radius 1 is 1.15 bits per heavy atom. The van der Waals surface area contributed by atoms with Gasteiger partial charge in [-0.3, -0.25) is 0 Å². The van der Waals surface area contributed by atoms with Gasteiger partial charge >= 0.3 is 6.03 Å². The molecular formula is C19H18Cl2N2O3. The van der Waals surface area contributed by atoms with E-state index in [2.05, 4.69) is 16.7 Å².